The van der Waals surface area contributed by atoms with Crippen LogP contribution in [-0.4, -0.2) is 35.1 Å². The number of allylic oxidation sites excluding steroid dienone is 3. The van der Waals surface area contributed by atoms with Crippen LogP contribution < -0.4 is 10.1 Å². The van der Waals surface area contributed by atoms with E-state index in [9.17, 15) is 4.79 Å². The van der Waals surface area contributed by atoms with Crippen LogP contribution in [0, 0.1) is 0 Å². The number of aliphatic imine (C=N–C) groups is 2. The third kappa shape index (κ3) is 4.92. The molecule has 152 valence electrons. The molecular formula is C21H19N5O2S2. The molecule has 7 nitrogen and oxygen atoms in total. The summed E-state index contributed by atoms with van der Waals surface area (Å²) in [6, 6.07) is 5.83. The fourth-order valence-corrected chi connectivity index (χ4v) is 3.94. The number of benzene rings is 1. The molecule has 0 spiro atoms. The van der Waals surface area contributed by atoms with Crippen LogP contribution in [0.4, 0.5) is 5.13 Å². The highest BCUT2D eigenvalue weighted by Gasteiger charge is 2.15. The smallest absolute Gasteiger partial charge is 0.276 e. The van der Waals surface area contributed by atoms with Gasteiger partial charge in [-0.3, -0.25) is 15.1 Å². The van der Waals surface area contributed by atoms with E-state index >= 15 is 0 Å². The van der Waals surface area contributed by atoms with E-state index in [0.29, 0.717) is 11.7 Å². The number of aromatic nitrogens is 2. The highest BCUT2D eigenvalue weighted by atomic mass is 32.1. The molecule has 2 aliphatic rings. The molecule has 1 aromatic carbocycles. The standard InChI is InChI=1S/C21H19N5O2S2/c27-19(17(13-29)23-12-14-4-5-18-16(11-14)7-10-28-18)24-21-26-25-20(30-21)15-3-1-2-8-22-9-6-15/h2,4-6,8-9,11-13,29H,1,3,7,10H2,(H,24,26,27)/b8-2-,15-6+,17-13-,22-9-,23-12?. The summed E-state index contributed by atoms with van der Waals surface area (Å²) in [5, 5.41) is 13.5. The molecule has 3 heterocycles. The van der Waals surface area contributed by atoms with Crippen LogP contribution in [0.3, 0.4) is 0 Å². The molecule has 2 aliphatic heterocycles. The number of amides is 1. The summed E-state index contributed by atoms with van der Waals surface area (Å²) in [5.41, 5.74) is 3.24. The lowest BCUT2D eigenvalue weighted by Crippen LogP contribution is -2.13. The maximum Gasteiger partial charge on any atom is 0.276 e. The molecule has 0 unspecified atom stereocenters. The number of carbonyl (C=O) groups is 1. The number of hydrogen-bond donors (Lipinski definition) is 2. The highest BCUT2D eigenvalue weighted by molar-refractivity contribution is 7.83. The molecule has 0 aliphatic carbocycles. The second-order valence-corrected chi connectivity index (χ2v) is 7.75. The summed E-state index contributed by atoms with van der Waals surface area (Å²) in [5.74, 6) is 0.508. The second-order valence-electron chi connectivity index (χ2n) is 6.52. The van der Waals surface area contributed by atoms with Gasteiger partial charge in [-0.25, -0.2) is 4.99 Å². The lowest BCUT2D eigenvalue weighted by Gasteiger charge is -2.02. The van der Waals surface area contributed by atoms with Crippen molar-refractivity contribution in [3.63, 3.8) is 0 Å². The predicted molar refractivity (Wildman–Crippen MR) is 124 cm³/mol. The van der Waals surface area contributed by atoms with E-state index in [1.165, 1.54) is 16.7 Å². The molecular weight excluding hydrogens is 418 g/mol. The van der Waals surface area contributed by atoms with Crippen molar-refractivity contribution < 1.29 is 9.53 Å². The number of hydrogen-bond acceptors (Lipinski definition) is 8. The lowest BCUT2D eigenvalue weighted by molar-refractivity contribution is -0.112. The Morgan fingerprint density at radius 2 is 2.23 bits per heavy atom. The number of anilines is 1. The van der Waals surface area contributed by atoms with Gasteiger partial charge in [-0.15, -0.1) is 22.8 Å². The predicted octanol–water partition coefficient (Wildman–Crippen LogP) is 4.06. The largest absolute Gasteiger partial charge is 0.493 e. The van der Waals surface area contributed by atoms with Crippen molar-refractivity contribution in [3.05, 3.63) is 63.8 Å². The third-order valence-corrected chi connectivity index (χ3v) is 5.63. The first-order valence-electron chi connectivity index (χ1n) is 9.39. The Morgan fingerprint density at radius 1 is 1.30 bits per heavy atom. The van der Waals surface area contributed by atoms with Crippen LogP contribution in [0.5, 0.6) is 5.75 Å². The molecule has 0 radical (unpaired) electrons. The Morgan fingerprint density at radius 3 is 3.13 bits per heavy atom. The Hall–Kier alpha value is -3.04. The van der Waals surface area contributed by atoms with Gasteiger partial charge in [-0.05, 0) is 59.2 Å². The molecule has 0 saturated carbocycles. The van der Waals surface area contributed by atoms with Crippen molar-refractivity contribution in [3.8, 4) is 5.75 Å². The zero-order valence-corrected chi connectivity index (χ0v) is 17.7. The molecule has 9 heteroatoms. The number of rotatable bonds is 5. The van der Waals surface area contributed by atoms with E-state index in [-0.39, 0.29) is 5.70 Å². The molecule has 2 aromatic rings. The van der Waals surface area contributed by atoms with Gasteiger partial charge >= 0.3 is 0 Å². The quantitative estimate of drug-likeness (QED) is 0.419. The van der Waals surface area contributed by atoms with Crippen molar-refractivity contribution in [2.45, 2.75) is 19.3 Å². The Kier molecular flexibility index (Phi) is 6.50. The van der Waals surface area contributed by atoms with Gasteiger partial charge in [0, 0.05) is 25.0 Å². The fourth-order valence-electron chi connectivity index (χ4n) is 2.96. The minimum absolute atomic E-state index is 0.175. The minimum atomic E-state index is -0.399. The Bertz CT molecular complexity index is 1100. The van der Waals surface area contributed by atoms with Gasteiger partial charge in [0.15, 0.2) is 0 Å². The summed E-state index contributed by atoms with van der Waals surface area (Å²) in [6.07, 6.45) is 11.7. The zero-order valence-electron chi connectivity index (χ0n) is 16.0. The van der Waals surface area contributed by atoms with Crippen molar-refractivity contribution in [2.24, 2.45) is 9.98 Å². The topological polar surface area (TPSA) is 88.8 Å². The minimum Gasteiger partial charge on any atom is -0.493 e. The number of thiol groups is 1. The summed E-state index contributed by atoms with van der Waals surface area (Å²) in [4.78, 5) is 21.0. The van der Waals surface area contributed by atoms with Gasteiger partial charge in [0.1, 0.15) is 16.5 Å². The summed E-state index contributed by atoms with van der Waals surface area (Å²) >= 11 is 5.44. The van der Waals surface area contributed by atoms with E-state index in [1.54, 1.807) is 18.6 Å². The first-order valence-corrected chi connectivity index (χ1v) is 10.7. The summed E-state index contributed by atoms with van der Waals surface area (Å²) < 4.78 is 5.51. The first-order chi connectivity index (χ1) is 14.7. The monoisotopic (exact) mass is 437 g/mol. The van der Waals surface area contributed by atoms with E-state index in [0.717, 1.165) is 46.7 Å². The number of ether oxygens (including phenoxy) is 1. The molecule has 1 amide bonds. The zero-order chi connectivity index (χ0) is 20.8. The Balaban J connectivity index is 1.42. The van der Waals surface area contributed by atoms with E-state index in [1.807, 2.05) is 30.4 Å². The van der Waals surface area contributed by atoms with Crippen LogP contribution in [0.1, 0.15) is 29.0 Å². The highest BCUT2D eigenvalue weighted by Crippen LogP contribution is 2.27. The maximum atomic E-state index is 12.6. The van der Waals surface area contributed by atoms with Crippen LogP contribution in [0.2, 0.25) is 0 Å². The van der Waals surface area contributed by atoms with Crippen LogP contribution in [0.25, 0.3) is 5.57 Å². The molecule has 0 atom stereocenters. The van der Waals surface area contributed by atoms with Gasteiger partial charge < -0.3 is 4.74 Å². The normalized spacial score (nSPS) is 19.9. The average Bonchev–Trinajstić information content (AvgIpc) is 3.37. The maximum absolute atomic E-state index is 12.6. The molecule has 4 rings (SSSR count). The Labute approximate surface area is 183 Å². The third-order valence-electron chi connectivity index (χ3n) is 4.47. The summed E-state index contributed by atoms with van der Waals surface area (Å²) in [7, 11) is 0. The van der Waals surface area contributed by atoms with Gasteiger partial charge in [-0.2, -0.15) is 0 Å². The SMILES string of the molecule is O=C(Nc1nnc(/C2=C/C=N\C=C/CC2)s1)/C(=C/S)N=Cc1ccc2c(c1)CCO2. The second kappa shape index (κ2) is 9.64. The van der Waals surface area contributed by atoms with E-state index in [4.69, 9.17) is 4.74 Å². The van der Waals surface area contributed by atoms with E-state index < -0.39 is 5.91 Å². The molecule has 0 saturated heterocycles. The van der Waals surface area contributed by atoms with Crippen molar-refractivity contribution >= 4 is 53.0 Å². The van der Waals surface area contributed by atoms with Crippen LogP contribution >= 0.6 is 24.0 Å². The molecule has 0 bridgehead atoms. The van der Waals surface area contributed by atoms with Crippen LogP contribution in [-0.2, 0) is 11.2 Å². The number of nitrogens with zero attached hydrogens (tertiary/aromatic N) is 4. The average molecular weight is 438 g/mol. The van der Waals surface area contributed by atoms with Gasteiger partial charge in [0.05, 0.1) is 6.61 Å². The van der Waals surface area contributed by atoms with Gasteiger partial charge in [-0.1, -0.05) is 17.4 Å². The lowest BCUT2D eigenvalue weighted by atomic mass is 10.1. The van der Waals surface area contributed by atoms with Crippen molar-refractivity contribution in [2.75, 3.05) is 11.9 Å². The summed E-state index contributed by atoms with van der Waals surface area (Å²) in [6.45, 7) is 0.699. The number of carbonyl (C=O) groups excluding carboxylic acids is 1. The molecule has 0 fully saturated rings. The van der Waals surface area contributed by atoms with Crippen molar-refractivity contribution in [1.29, 1.82) is 0 Å². The van der Waals surface area contributed by atoms with Gasteiger partial charge in [0.25, 0.3) is 5.91 Å². The fraction of sp³-hybridized carbons (Fsp3) is 0.190. The number of fused-ring (bicyclic) bond motifs is 1. The van der Waals surface area contributed by atoms with Crippen molar-refractivity contribution in [1.82, 2.24) is 10.2 Å². The number of nitrogens with one attached hydrogen (secondary N) is 1. The molecule has 1 aromatic heterocycles. The first kappa shape index (κ1) is 20.2. The van der Waals surface area contributed by atoms with Gasteiger partial charge in [0.2, 0.25) is 5.13 Å². The molecule has 1 N–H and O–H groups in total. The van der Waals surface area contributed by atoms with Crippen LogP contribution in [0.15, 0.2) is 57.6 Å². The van der Waals surface area contributed by atoms with E-state index in [2.05, 4.69) is 38.1 Å². The molecule has 30 heavy (non-hydrogen) atoms.